The van der Waals surface area contributed by atoms with E-state index in [2.05, 4.69) is 25.7 Å². The number of rotatable bonds is 38. The second-order valence-corrected chi connectivity index (χ2v) is 14.1. The lowest BCUT2D eigenvalue weighted by molar-refractivity contribution is -0.150. The molecule has 280 valence electrons. The van der Waals surface area contributed by atoms with E-state index in [1.54, 1.807) is 0 Å². The van der Waals surface area contributed by atoms with Gasteiger partial charge in [-0.3, -0.25) is 9.59 Å². The van der Waals surface area contributed by atoms with Crippen molar-refractivity contribution in [3.8, 4) is 0 Å². The molecule has 0 aliphatic heterocycles. The van der Waals surface area contributed by atoms with Gasteiger partial charge in [-0.2, -0.15) is 0 Å². The minimum atomic E-state index is -0.0926. The molecule has 6 heteroatoms. The van der Waals surface area contributed by atoms with Crippen molar-refractivity contribution in [2.75, 3.05) is 32.8 Å². The topological polar surface area (TPSA) is 76.1 Å². The monoisotopic (exact) mass is 668 g/mol. The van der Waals surface area contributed by atoms with E-state index >= 15 is 0 Å². The summed E-state index contributed by atoms with van der Waals surface area (Å²) in [6.07, 6.45) is 34.5. The minimum absolute atomic E-state index is 0.000939. The maximum absolute atomic E-state index is 12.7. The van der Waals surface area contributed by atoms with Gasteiger partial charge in [-0.1, -0.05) is 149 Å². The molecular weight excluding hydrogens is 586 g/mol. The van der Waals surface area contributed by atoms with Crippen molar-refractivity contribution in [2.24, 2.45) is 0 Å². The minimum Gasteiger partial charge on any atom is -0.466 e. The van der Waals surface area contributed by atoms with Gasteiger partial charge in [0.25, 0.3) is 0 Å². The van der Waals surface area contributed by atoms with Crippen molar-refractivity contribution >= 4 is 11.9 Å². The zero-order valence-corrected chi connectivity index (χ0v) is 31.9. The molecule has 0 fully saturated rings. The summed E-state index contributed by atoms with van der Waals surface area (Å²) in [4.78, 5) is 27.0. The van der Waals surface area contributed by atoms with Crippen molar-refractivity contribution in [1.29, 1.82) is 0 Å². The summed E-state index contributed by atoms with van der Waals surface area (Å²) in [6.45, 7) is 9.85. The molecule has 0 amide bonds. The van der Waals surface area contributed by atoms with Gasteiger partial charge in [-0.15, -0.1) is 0 Å². The zero-order valence-electron chi connectivity index (χ0n) is 31.9. The predicted molar refractivity (Wildman–Crippen MR) is 200 cm³/mol. The van der Waals surface area contributed by atoms with Crippen LogP contribution in [-0.4, -0.2) is 60.9 Å². The fourth-order valence-corrected chi connectivity index (χ4v) is 6.36. The lowest BCUT2D eigenvalue weighted by Gasteiger charge is -2.21. The van der Waals surface area contributed by atoms with Crippen molar-refractivity contribution in [1.82, 2.24) is 4.90 Å². The van der Waals surface area contributed by atoms with Crippen LogP contribution in [0.3, 0.4) is 0 Å². The van der Waals surface area contributed by atoms with Crippen LogP contribution in [0.15, 0.2) is 0 Å². The Bertz CT molecular complexity index is 658. The molecule has 6 nitrogen and oxygen atoms in total. The summed E-state index contributed by atoms with van der Waals surface area (Å²) in [5.74, 6) is -0.0935. The van der Waals surface area contributed by atoms with Gasteiger partial charge >= 0.3 is 11.9 Å². The summed E-state index contributed by atoms with van der Waals surface area (Å²) < 4.78 is 11.4. The Kier molecular flexibility index (Phi) is 36.8. The van der Waals surface area contributed by atoms with Gasteiger partial charge < -0.3 is 19.5 Å². The molecule has 0 aromatic heterocycles. The summed E-state index contributed by atoms with van der Waals surface area (Å²) in [5.41, 5.74) is 0. The van der Waals surface area contributed by atoms with Gasteiger partial charge in [0.1, 0.15) is 6.10 Å². The molecule has 0 saturated carbocycles. The number of unbranched alkanes of at least 4 members (excludes halogenated alkanes) is 21. The molecular formula is C41H81NO5. The van der Waals surface area contributed by atoms with Gasteiger partial charge in [0.2, 0.25) is 0 Å². The van der Waals surface area contributed by atoms with Gasteiger partial charge in [-0.05, 0) is 64.5 Å². The first-order valence-corrected chi connectivity index (χ1v) is 20.8. The molecule has 0 bridgehead atoms. The highest BCUT2D eigenvalue weighted by Crippen LogP contribution is 2.18. The Balaban J connectivity index is 4.06. The number of nitrogens with zero attached hydrogens (tertiary/aromatic N) is 1. The average Bonchev–Trinajstić information content (AvgIpc) is 3.06. The highest BCUT2D eigenvalue weighted by molar-refractivity contribution is 5.69. The molecule has 0 aliphatic rings. The molecule has 0 saturated heterocycles. The smallest absolute Gasteiger partial charge is 0.306 e. The van der Waals surface area contributed by atoms with Crippen molar-refractivity contribution in [2.45, 2.75) is 219 Å². The number of aliphatic hydroxyl groups is 1. The summed E-state index contributed by atoms with van der Waals surface area (Å²) in [7, 11) is 0. The lowest BCUT2D eigenvalue weighted by atomic mass is 10.0. The van der Waals surface area contributed by atoms with Crippen LogP contribution >= 0.6 is 0 Å². The van der Waals surface area contributed by atoms with Crippen LogP contribution in [0.2, 0.25) is 0 Å². The van der Waals surface area contributed by atoms with Crippen LogP contribution in [0.1, 0.15) is 213 Å². The van der Waals surface area contributed by atoms with E-state index in [9.17, 15) is 14.7 Å². The van der Waals surface area contributed by atoms with Gasteiger partial charge in [0.15, 0.2) is 0 Å². The van der Waals surface area contributed by atoms with Gasteiger partial charge in [0, 0.05) is 19.4 Å². The van der Waals surface area contributed by atoms with Crippen LogP contribution in [0.5, 0.6) is 0 Å². The number of ether oxygens (including phenoxy) is 2. The van der Waals surface area contributed by atoms with Crippen LogP contribution < -0.4 is 0 Å². The molecule has 0 heterocycles. The first-order valence-electron chi connectivity index (χ1n) is 20.8. The fraction of sp³-hybridized carbons (Fsp3) is 0.951. The van der Waals surface area contributed by atoms with E-state index in [-0.39, 0.29) is 24.6 Å². The molecule has 1 N–H and O–H groups in total. The number of hydrogen-bond donors (Lipinski definition) is 1. The number of carbonyl (C=O) groups excluding carboxylic acids is 2. The van der Waals surface area contributed by atoms with E-state index < -0.39 is 0 Å². The molecule has 1 unspecified atom stereocenters. The Hall–Kier alpha value is -1.14. The quantitative estimate of drug-likeness (QED) is 0.0521. The Morgan fingerprint density at radius 3 is 1.45 bits per heavy atom. The predicted octanol–water partition coefficient (Wildman–Crippen LogP) is 11.5. The van der Waals surface area contributed by atoms with E-state index in [0.29, 0.717) is 26.0 Å². The van der Waals surface area contributed by atoms with Crippen LogP contribution in [-0.2, 0) is 19.1 Å². The second-order valence-electron chi connectivity index (χ2n) is 14.1. The molecule has 0 aromatic rings. The molecule has 0 spiro atoms. The molecule has 0 aromatic carbocycles. The normalized spacial score (nSPS) is 12.1. The zero-order chi connectivity index (χ0) is 34.5. The largest absolute Gasteiger partial charge is 0.466 e. The van der Waals surface area contributed by atoms with E-state index in [4.69, 9.17) is 9.47 Å². The Morgan fingerprint density at radius 1 is 0.489 bits per heavy atom. The van der Waals surface area contributed by atoms with Crippen molar-refractivity contribution in [3.05, 3.63) is 0 Å². The van der Waals surface area contributed by atoms with Crippen LogP contribution in [0.25, 0.3) is 0 Å². The third-order valence-electron chi connectivity index (χ3n) is 9.45. The number of carbonyl (C=O) groups is 2. The Morgan fingerprint density at radius 2 is 0.915 bits per heavy atom. The summed E-state index contributed by atoms with van der Waals surface area (Å²) >= 11 is 0. The van der Waals surface area contributed by atoms with E-state index in [0.717, 1.165) is 77.3 Å². The number of esters is 2. The third-order valence-corrected chi connectivity index (χ3v) is 9.45. The molecule has 1 atom stereocenters. The third kappa shape index (κ3) is 34.5. The molecule has 0 radical (unpaired) electrons. The number of hydrogen-bond acceptors (Lipinski definition) is 6. The van der Waals surface area contributed by atoms with Crippen LogP contribution in [0, 0.1) is 0 Å². The van der Waals surface area contributed by atoms with Gasteiger partial charge in [-0.25, -0.2) is 0 Å². The number of aliphatic hydroxyl groups excluding tert-OH is 1. The Labute approximate surface area is 292 Å². The maximum atomic E-state index is 12.7. The molecule has 47 heavy (non-hydrogen) atoms. The second kappa shape index (κ2) is 37.7. The average molecular weight is 668 g/mol. The highest BCUT2D eigenvalue weighted by atomic mass is 16.5. The van der Waals surface area contributed by atoms with Crippen LogP contribution in [0.4, 0.5) is 0 Å². The van der Waals surface area contributed by atoms with E-state index in [1.807, 2.05) is 0 Å². The standard InChI is InChI=1S/C41H81NO5/c1-4-7-10-13-16-20-25-31-39(30-24-19-15-12-9-6-3)47-41(45)32-26-21-18-22-27-34-42(36-37-43)35-29-33-40(44)46-38-28-23-17-14-11-8-5-2/h39,43H,4-38H2,1-3H3. The fourth-order valence-electron chi connectivity index (χ4n) is 6.36. The van der Waals surface area contributed by atoms with Crippen molar-refractivity contribution < 1.29 is 24.2 Å². The maximum Gasteiger partial charge on any atom is 0.306 e. The SMILES string of the molecule is CCCCCCCCCOC(=O)CCCN(CCO)CCCCCCCC(=O)OC(CCCCCCCC)CCCCCCCCC. The lowest BCUT2D eigenvalue weighted by Crippen LogP contribution is -2.29. The highest BCUT2D eigenvalue weighted by Gasteiger charge is 2.14. The van der Waals surface area contributed by atoms with Crippen molar-refractivity contribution in [3.63, 3.8) is 0 Å². The summed E-state index contributed by atoms with van der Waals surface area (Å²) in [5, 5.41) is 9.48. The molecule has 0 rings (SSSR count). The molecule has 0 aliphatic carbocycles. The first-order chi connectivity index (χ1) is 23.1. The summed E-state index contributed by atoms with van der Waals surface area (Å²) in [6, 6.07) is 0. The van der Waals surface area contributed by atoms with Gasteiger partial charge in [0.05, 0.1) is 13.2 Å². The van der Waals surface area contributed by atoms with E-state index in [1.165, 1.54) is 116 Å². The first kappa shape index (κ1) is 45.9.